The monoisotopic (exact) mass is 366 g/mol. The largest absolute Gasteiger partial charge is 0.504 e. The molecule has 0 saturated carbocycles. The van der Waals surface area contributed by atoms with E-state index >= 15 is 0 Å². The van der Waals surface area contributed by atoms with Gasteiger partial charge in [0.15, 0.2) is 11.5 Å². The van der Waals surface area contributed by atoms with Crippen molar-refractivity contribution in [3.8, 4) is 11.5 Å². The third kappa shape index (κ3) is 3.39. The summed E-state index contributed by atoms with van der Waals surface area (Å²) in [6.07, 6.45) is 0. The van der Waals surface area contributed by atoms with Crippen LogP contribution in [-0.2, 0) is 11.3 Å². The molecule has 4 rings (SSSR count). The lowest BCUT2D eigenvalue weighted by molar-refractivity contribution is -0.130. The molecular formula is C22H26N2O3. The summed E-state index contributed by atoms with van der Waals surface area (Å²) in [4.78, 5) is 16.7. The predicted molar refractivity (Wildman–Crippen MR) is 103 cm³/mol. The van der Waals surface area contributed by atoms with E-state index in [2.05, 4.69) is 17.0 Å². The second kappa shape index (κ2) is 7.24. The van der Waals surface area contributed by atoms with Crippen molar-refractivity contribution < 1.29 is 14.6 Å². The predicted octanol–water partition coefficient (Wildman–Crippen LogP) is 3.05. The number of phenolic OH excluding ortho intramolecular Hbond substituents is 1. The lowest BCUT2D eigenvalue weighted by Crippen LogP contribution is -2.34. The molecule has 3 atom stereocenters. The van der Waals surface area contributed by atoms with Gasteiger partial charge in [-0.15, -0.1) is 0 Å². The lowest BCUT2D eigenvalue weighted by Gasteiger charge is -2.29. The number of hydrogen-bond acceptors (Lipinski definition) is 4. The van der Waals surface area contributed by atoms with Crippen LogP contribution in [0.1, 0.15) is 24.1 Å². The maximum absolute atomic E-state index is 12.2. The number of phenols is 1. The van der Waals surface area contributed by atoms with Gasteiger partial charge in [0, 0.05) is 39.0 Å². The molecule has 1 amide bonds. The zero-order valence-corrected chi connectivity index (χ0v) is 15.8. The lowest BCUT2D eigenvalue weighted by atomic mass is 9.89. The Kier molecular flexibility index (Phi) is 4.79. The van der Waals surface area contributed by atoms with Gasteiger partial charge in [-0.1, -0.05) is 36.4 Å². The Bertz CT molecular complexity index is 824. The van der Waals surface area contributed by atoms with Gasteiger partial charge in [-0.05, 0) is 29.2 Å². The molecule has 27 heavy (non-hydrogen) atoms. The minimum Gasteiger partial charge on any atom is -0.504 e. The van der Waals surface area contributed by atoms with Gasteiger partial charge >= 0.3 is 0 Å². The maximum Gasteiger partial charge on any atom is 0.219 e. The van der Waals surface area contributed by atoms with Crippen LogP contribution in [0.25, 0.3) is 0 Å². The van der Waals surface area contributed by atoms with Gasteiger partial charge in [0.2, 0.25) is 5.91 Å². The number of benzene rings is 2. The Morgan fingerprint density at radius 3 is 2.59 bits per heavy atom. The number of methoxy groups -OCH3 is 1. The van der Waals surface area contributed by atoms with Crippen LogP contribution in [0.15, 0.2) is 48.5 Å². The summed E-state index contributed by atoms with van der Waals surface area (Å²) < 4.78 is 5.13. The van der Waals surface area contributed by atoms with E-state index in [1.165, 1.54) is 5.56 Å². The van der Waals surface area contributed by atoms with Crippen molar-refractivity contribution in [1.82, 2.24) is 9.80 Å². The molecule has 0 spiro atoms. The minimum atomic E-state index is 0.156. The van der Waals surface area contributed by atoms with Gasteiger partial charge in [-0.3, -0.25) is 9.69 Å². The second-order valence-electron chi connectivity index (χ2n) is 7.65. The van der Waals surface area contributed by atoms with Gasteiger partial charge in [0.05, 0.1) is 13.2 Å². The number of fused-ring (bicyclic) bond motifs is 1. The number of carbonyl (C=O) groups is 1. The van der Waals surface area contributed by atoms with Crippen molar-refractivity contribution >= 4 is 5.91 Å². The fourth-order valence-electron chi connectivity index (χ4n) is 4.76. The zero-order valence-electron chi connectivity index (χ0n) is 15.8. The summed E-state index contributed by atoms with van der Waals surface area (Å²) in [5, 5.41) is 10.0. The van der Waals surface area contributed by atoms with E-state index in [-0.39, 0.29) is 17.7 Å². The summed E-state index contributed by atoms with van der Waals surface area (Å²) in [7, 11) is 1.56. The first-order valence-electron chi connectivity index (χ1n) is 9.47. The van der Waals surface area contributed by atoms with Crippen molar-refractivity contribution in [2.24, 2.45) is 11.8 Å². The molecule has 2 aromatic carbocycles. The zero-order chi connectivity index (χ0) is 19.0. The van der Waals surface area contributed by atoms with Crippen molar-refractivity contribution in [3.05, 3.63) is 59.7 Å². The summed E-state index contributed by atoms with van der Waals surface area (Å²) >= 11 is 0. The molecule has 2 aliphatic heterocycles. The standard InChI is InChI=1S/C22H26N2O3/c1-15(25)24-13-18-12-23(11-16-8-9-21(27-2)20(26)10-16)14-19(18)22(24)17-6-4-3-5-7-17/h3-10,18-19,22,26H,11-14H2,1-2H3/t18-,19-,22-/m1/s1. The molecule has 142 valence electrons. The van der Waals surface area contributed by atoms with Gasteiger partial charge < -0.3 is 14.7 Å². The smallest absolute Gasteiger partial charge is 0.219 e. The minimum absolute atomic E-state index is 0.156. The molecule has 2 aliphatic rings. The van der Waals surface area contributed by atoms with Crippen molar-refractivity contribution in [1.29, 1.82) is 0 Å². The molecule has 0 aliphatic carbocycles. The molecule has 0 unspecified atom stereocenters. The molecule has 2 aromatic rings. The van der Waals surface area contributed by atoms with Crippen LogP contribution >= 0.6 is 0 Å². The average Bonchev–Trinajstić information content (AvgIpc) is 3.19. The second-order valence-corrected chi connectivity index (χ2v) is 7.65. The highest BCUT2D eigenvalue weighted by molar-refractivity contribution is 5.74. The van der Waals surface area contributed by atoms with E-state index in [1.807, 2.05) is 35.2 Å². The number of aromatic hydroxyl groups is 1. The van der Waals surface area contributed by atoms with Crippen molar-refractivity contribution in [2.75, 3.05) is 26.7 Å². The third-order valence-electron chi connectivity index (χ3n) is 5.93. The normalized spacial score (nSPS) is 24.8. The summed E-state index contributed by atoms with van der Waals surface area (Å²) in [6.45, 7) is 5.23. The number of carbonyl (C=O) groups excluding carboxylic acids is 1. The number of amides is 1. The first kappa shape index (κ1) is 17.9. The van der Waals surface area contributed by atoms with E-state index in [9.17, 15) is 9.90 Å². The van der Waals surface area contributed by atoms with Crippen LogP contribution in [0.4, 0.5) is 0 Å². The van der Waals surface area contributed by atoms with Crippen LogP contribution in [0, 0.1) is 11.8 Å². The Labute approximate surface area is 160 Å². The van der Waals surface area contributed by atoms with Gasteiger partial charge in [-0.25, -0.2) is 0 Å². The number of rotatable bonds is 4. The molecular weight excluding hydrogens is 340 g/mol. The summed E-state index contributed by atoms with van der Waals surface area (Å²) in [5.74, 6) is 1.77. The summed E-state index contributed by atoms with van der Waals surface area (Å²) in [6, 6.07) is 16.1. The molecule has 2 heterocycles. The van der Waals surface area contributed by atoms with Crippen molar-refractivity contribution in [3.63, 3.8) is 0 Å². The van der Waals surface area contributed by atoms with Crippen LogP contribution in [0.2, 0.25) is 0 Å². The van der Waals surface area contributed by atoms with Crippen LogP contribution in [0.5, 0.6) is 11.5 Å². The number of hydrogen-bond donors (Lipinski definition) is 1. The van der Waals surface area contributed by atoms with Crippen LogP contribution < -0.4 is 4.74 Å². The highest BCUT2D eigenvalue weighted by Crippen LogP contribution is 2.45. The quantitative estimate of drug-likeness (QED) is 0.904. The van der Waals surface area contributed by atoms with Crippen molar-refractivity contribution in [2.45, 2.75) is 19.5 Å². The van der Waals surface area contributed by atoms with E-state index in [0.29, 0.717) is 17.6 Å². The highest BCUT2D eigenvalue weighted by atomic mass is 16.5. The Balaban J connectivity index is 1.51. The van der Waals surface area contributed by atoms with E-state index in [4.69, 9.17) is 4.74 Å². The molecule has 2 saturated heterocycles. The molecule has 5 heteroatoms. The van der Waals surface area contributed by atoms with E-state index in [1.54, 1.807) is 20.1 Å². The number of likely N-dealkylation sites (tertiary alicyclic amines) is 2. The molecule has 0 aromatic heterocycles. The Morgan fingerprint density at radius 1 is 1.15 bits per heavy atom. The first-order chi connectivity index (χ1) is 13.1. The van der Waals surface area contributed by atoms with E-state index in [0.717, 1.165) is 31.7 Å². The number of ether oxygens (including phenoxy) is 1. The Morgan fingerprint density at radius 2 is 1.93 bits per heavy atom. The topological polar surface area (TPSA) is 53.0 Å². The number of nitrogens with zero attached hydrogens (tertiary/aromatic N) is 2. The molecule has 5 nitrogen and oxygen atoms in total. The highest BCUT2D eigenvalue weighted by Gasteiger charge is 2.48. The SMILES string of the molecule is COc1ccc(CN2C[C@@H]3CN(C(C)=O)[C@H](c4ccccc4)[C@@H]3C2)cc1O. The fraction of sp³-hybridized carbons (Fsp3) is 0.409. The average molecular weight is 366 g/mol. The first-order valence-corrected chi connectivity index (χ1v) is 9.47. The fourth-order valence-corrected chi connectivity index (χ4v) is 4.76. The molecule has 1 N–H and O–H groups in total. The molecule has 0 radical (unpaired) electrons. The maximum atomic E-state index is 12.2. The summed E-state index contributed by atoms with van der Waals surface area (Å²) in [5.41, 5.74) is 2.30. The molecule has 0 bridgehead atoms. The third-order valence-corrected chi connectivity index (χ3v) is 5.93. The molecule has 2 fully saturated rings. The van der Waals surface area contributed by atoms with Crippen LogP contribution in [0.3, 0.4) is 0 Å². The van der Waals surface area contributed by atoms with Gasteiger partial charge in [-0.2, -0.15) is 0 Å². The van der Waals surface area contributed by atoms with Crippen LogP contribution in [-0.4, -0.2) is 47.6 Å². The van der Waals surface area contributed by atoms with Gasteiger partial charge in [0.1, 0.15) is 0 Å². The van der Waals surface area contributed by atoms with Gasteiger partial charge in [0.25, 0.3) is 0 Å². The Hall–Kier alpha value is -2.53. The van der Waals surface area contributed by atoms with E-state index < -0.39 is 0 Å².